The number of rotatable bonds is 10. The fraction of sp³-hybridized carbons (Fsp3) is 0.394. The second-order valence-electron chi connectivity index (χ2n) is 10.4. The average Bonchev–Trinajstić information content (AvgIpc) is 3.46. The highest BCUT2D eigenvalue weighted by molar-refractivity contribution is 8.16. The van der Waals surface area contributed by atoms with Gasteiger partial charge >= 0.3 is 11.9 Å². The number of likely N-dealkylation sites (tertiary alicyclic amines) is 1. The standard InChI is InChI=1S/C33H37N3O7S/c1-5-42-31(38)22-14-11-17-35(19-22)26(37)18-23-20-44-33-34-28(21-12-8-7-9-13-21)27(32(39)43-6-2)29(36(23)33)24-15-10-16-25(40-3)30(24)41-4/h7-10,12-13,15-16,20,22,29H,5-6,11,14,17-19H2,1-4H3/t22-,29+/m1/s1. The first kappa shape index (κ1) is 31.2. The summed E-state index contributed by atoms with van der Waals surface area (Å²) in [5.74, 6) is -0.267. The van der Waals surface area contributed by atoms with Gasteiger partial charge in [-0.1, -0.05) is 54.2 Å². The molecule has 2 aromatic carbocycles. The zero-order valence-corrected chi connectivity index (χ0v) is 26.2. The van der Waals surface area contributed by atoms with Gasteiger partial charge in [0, 0.05) is 29.9 Å². The first-order valence-electron chi connectivity index (χ1n) is 14.8. The predicted molar refractivity (Wildman–Crippen MR) is 168 cm³/mol. The zero-order chi connectivity index (χ0) is 31.2. The third-order valence-corrected chi connectivity index (χ3v) is 8.70. The number of hydrogen-bond acceptors (Lipinski definition) is 10. The Hall–Kier alpha value is -4.25. The van der Waals surface area contributed by atoms with Crippen LogP contribution in [0, 0.1) is 5.92 Å². The van der Waals surface area contributed by atoms with E-state index in [0.717, 1.165) is 12.0 Å². The number of carbonyl (C=O) groups is 3. The molecule has 0 saturated carbocycles. The second-order valence-corrected chi connectivity index (χ2v) is 11.3. The van der Waals surface area contributed by atoms with Gasteiger partial charge in [0.1, 0.15) is 0 Å². The Kier molecular flexibility index (Phi) is 9.94. The lowest BCUT2D eigenvalue weighted by molar-refractivity contribution is -0.151. The molecule has 0 N–H and O–H groups in total. The molecule has 44 heavy (non-hydrogen) atoms. The van der Waals surface area contributed by atoms with Gasteiger partial charge in [-0.05, 0) is 38.2 Å². The zero-order valence-electron chi connectivity index (χ0n) is 25.4. The van der Waals surface area contributed by atoms with Crippen LogP contribution in [0.25, 0.3) is 5.70 Å². The van der Waals surface area contributed by atoms with Crippen molar-refractivity contribution in [3.63, 3.8) is 0 Å². The number of aliphatic imine (C=N–C) groups is 1. The number of ether oxygens (including phenoxy) is 4. The molecule has 1 amide bonds. The van der Waals surface area contributed by atoms with Crippen LogP contribution in [-0.4, -0.2) is 73.3 Å². The summed E-state index contributed by atoms with van der Waals surface area (Å²) in [6.07, 6.45) is 1.47. The first-order chi connectivity index (χ1) is 21.4. The third-order valence-electron chi connectivity index (χ3n) is 7.81. The smallest absolute Gasteiger partial charge is 0.338 e. The highest BCUT2D eigenvalue weighted by Crippen LogP contribution is 2.50. The Balaban J connectivity index is 1.57. The maximum atomic E-state index is 13.8. The van der Waals surface area contributed by atoms with Crippen molar-refractivity contribution in [3.8, 4) is 11.5 Å². The van der Waals surface area contributed by atoms with Crippen LogP contribution >= 0.6 is 11.8 Å². The van der Waals surface area contributed by atoms with Crippen molar-refractivity contribution in [2.24, 2.45) is 10.9 Å². The van der Waals surface area contributed by atoms with E-state index in [1.54, 1.807) is 39.0 Å². The third kappa shape index (κ3) is 6.19. The van der Waals surface area contributed by atoms with Crippen LogP contribution in [0.15, 0.2) is 70.2 Å². The van der Waals surface area contributed by atoms with Gasteiger partial charge in [-0.3, -0.25) is 9.59 Å². The molecular formula is C33H37N3O7S. The van der Waals surface area contributed by atoms with Crippen LogP contribution in [-0.2, 0) is 23.9 Å². The van der Waals surface area contributed by atoms with E-state index in [1.807, 2.05) is 52.8 Å². The largest absolute Gasteiger partial charge is 0.493 e. The lowest BCUT2D eigenvalue weighted by atomic mass is 9.90. The molecule has 10 nitrogen and oxygen atoms in total. The Morgan fingerprint density at radius 2 is 1.75 bits per heavy atom. The second kappa shape index (κ2) is 14.0. The molecular weight excluding hydrogens is 582 g/mol. The van der Waals surface area contributed by atoms with E-state index < -0.39 is 12.0 Å². The van der Waals surface area contributed by atoms with Gasteiger partial charge in [0.2, 0.25) is 5.91 Å². The number of fused-ring (bicyclic) bond motifs is 1. The molecule has 232 valence electrons. The number of nitrogens with zero attached hydrogens (tertiary/aromatic N) is 3. The van der Waals surface area contributed by atoms with Crippen LogP contribution in [0.5, 0.6) is 11.5 Å². The van der Waals surface area contributed by atoms with Crippen molar-refractivity contribution in [1.82, 2.24) is 9.80 Å². The monoisotopic (exact) mass is 619 g/mol. The number of methoxy groups -OCH3 is 2. The van der Waals surface area contributed by atoms with Crippen molar-refractivity contribution in [2.75, 3.05) is 40.5 Å². The molecule has 3 aliphatic rings. The lowest BCUT2D eigenvalue weighted by Gasteiger charge is -2.38. The summed E-state index contributed by atoms with van der Waals surface area (Å²) in [6, 6.07) is 14.3. The van der Waals surface area contributed by atoms with Gasteiger partial charge < -0.3 is 28.7 Å². The Morgan fingerprint density at radius 1 is 0.977 bits per heavy atom. The van der Waals surface area contributed by atoms with E-state index >= 15 is 0 Å². The van der Waals surface area contributed by atoms with Crippen LogP contribution in [0.4, 0.5) is 0 Å². The summed E-state index contributed by atoms with van der Waals surface area (Å²) in [6.45, 7) is 4.91. The van der Waals surface area contributed by atoms with E-state index in [9.17, 15) is 14.4 Å². The number of benzene rings is 2. The number of hydrogen-bond donors (Lipinski definition) is 0. The number of esters is 2. The number of piperidine rings is 1. The molecule has 1 fully saturated rings. The maximum Gasteiger partial charge on any atom is 0.338 e. The highest BCUT2D eigenvalue weighted by Gasteiger charge is 2.44. The van der Waals surface area contributed by atoms with Crippen molar-refractivity contribution < 1.29 is 33.3 Å². The number of amides is 1. The summed E-state index contributed by atoms with van der Waals surface area (Å²) in [7, 11) is 3.12. The minimum Gasteiger partial charge on any atom is -0.493 e. The fourth-order valence-corrected chi connectivity index (χ4v) is 6.75. The number of thioether (sulfide) groups is 1. The highest BCUT2D eigenvalue weighted by atomic mass is 32.2. The van der Waals surface area contributed by atoms with Gasteiger partial charge in [0.15, 0.2) is 16.7 Å². The van der Waals surface area contributed by atoms with E-state index in [-0.39, 0.29) is 30.8 Å². The summed E-state index contributed by atoms with van der Waals surface area (Å²) in [4.78, 5) is 48.6. The van der Waals surface area contributed by atoms with E-state index in [4.69, 9.17) is 23.9 Å². The predicted octanol–water partition coefficient (Wildman–Crippen LogP) is 5.17. The van der Waals surface area contributed by atoms with Crippen molar-refractivity contribution in [3.05, 3.63) is 76.3 Å². The molecule has 2 aromatic rings. The molecule has 0 spiro atoms. The van der Waals surface area contributed by atoms with Crippen LogP contribution in [0.1, 0.15) is 50.3 Å². The SMILES string of the molecule is CCOC(=O)C1=C(c2ccccc2)N=C2SC=C(CC(=O)N3CCC[C@@H](C(=O)OCC)C3)N2[C@H]1c1cccc(OC)c1OC. The summed E-state index contributed by atoms with van der Waals surface area (Å²) < 4.78 is 22.3. The number of para-hydroxylation sites is 1. The normalized spacial score (nSPS) is 19.5. The van der Waals surface area contributed by atoms with Gasteiger partial charge in [-0.25, -0.2) is 9.79 Å². The minimum absolute atomic E-state index is 0.0567. The number of carbonyl (C=O) groups excluding carboxylic acids is 3. The molecule has 0 aliphatic carbocycles. The number of amidine groups is 1. The maximum absolute atomic E-state index is 13.8. The van der Waals surface area contributed by atoms with Crippen molar-refractivity contribution in [2.45, 2.75) is 39.2 Å². The lowest BCUT2D eigenvalue weighted by Crippen LogP contribution is -2.44. The molecule has 3 aliphatic heterocycles. The van der Waals surface area contributed by atoms with Crippen LogP contribution in [0.2, 0.25) is 0 Å². The van der Waals surface area contributed by atoms with E-state index in [0.29, 0.717) is 65.3 Å². The first-order valence-corrected chi connectivity index (χ1v) is 15.6. The van der Waals surface area contributed by atoms with Gasteiger partial charge in [0.05, 0.1) is 57.1 Å². The molecule has 0 bridgehead atoms. The van der Waals surface area contributed by atoms with Gasteiger partial charge in [-0.15, -0.1) is 0 Å². The summed E-state index contributed by atoms with van der Waals surface area (Å²) in [5.41, 5.74) is 2.93. The topological polar surface area (TPSA) is 107 Å². The quantitative estimate of drug-likeness (QED) is 0.333. The van der Waals surface area contributed by atoms with Gasteiger partial charge in [-0.2, -0.15) is 0 Å². The fourth-order valence-electron chi connectivity index (χ4n) is 5.83. The molecule has 2 atom stereocenters. The average molecular weight is 620 g/mol. The molecule has 0 aromatic heterocycles. The summed E-state index contributed by atoms with van der Waals surface area (Å²) >= 11 is 1.39. The van der Waals surface area contributed by atoms with E-state index in [1.165, 1.54) is 11.8 Å². The molecule has 5 rings (SSSR count). The molecule has 1 saturated heterocycles. The molecule has 0 unspecified atom stereocenters. The molecule has 11 heteroatoms. The molecule has 3 heterocycles. The van der Waals surface area contributed by atoms with Crippen LogP contribution < -0.4 is 9.47 Å². The minimum atomic E-state index is -0.732. The van der Waals surface area contributed by atoms with Crippen molar-refractivity contribution in [1.29, 1.82) is 0 Å². The summed E-state index contributed by atoms with van der Waals surface area (Å²) in [5, 5.41) is 2.53. The Labute approximate surface area is 261 Å². The van der Waals surface area contributed by atoms with Gasteiger partial charge in [0.25, 0.3) is 0 Å². The van der Waals surface area contributed by atoms with Crippen molar-refractivity contribution >= 4 is 40.5 Å². The molecule has 0 radical (unpaired) electrons. The van der Waals surface area contributed by atoms with Crippen LogP contribution in [0.3, 0.4) is 0 Å². The Bertz CT molecular complexity index is 1500. The Morgan fingerprint density at radius 3 is 2.45 bits per heavy atom. The van der Waals surface area contributed by atoms with E-state index in [2.05, 4.69) is 0 Å².